The van der Waals surface area contributed by atoms with Gasteiger partial charge in [-0.2, -0.15) is 0 Å². The number of H-pyrrole nitrogens is 1. The summed E-state index contributed by atoms with van der Waals surface area (Å²) in [6.07, 6.45) is 0. The van der Waals surface area contributed by atoms with Gasteiger partial charge in [-0.1, -0.05) is 30.3 Å². The van der Waals surface area contributed by atoms with Crippen LogP contribution in [0.3, 0.4) is 0 Å². The molecule has 0 fully saturated rings. The van der Waals surface area contributed by atoms with E-state index in [-0.39, 0.29) is 0 Å². The largest absolute Gasteiger partial charge is 0.497 e. The number of benzene rings is 3. The van der Waals surface area contributed by atoms with E-state index in [0.29, 0.717) is 6.61 Å². The van der Waals surface area contributed by atoms with E-state index in [2.05, 4.69) is 52.8 Å². The minimum atomic E-state index is 0.631. The van der Waals surface area contributed by atoms with Gasteiger partial charge < -0.3 is 19.8 Å². The highest BCUT2D eigenvalue weighted by Gasteiger charge is 2.06. The molecule has 0 unspecified atom stereocenters. The molecule has 0 atom stereocenters. The maximum Gasteiger partial charge on any atom is 0.121 e. The smallest absolute Gasteiger partial charge is 0.121 e. The predicted molar refractivity (Wildman–Crippen MR) is 106 cm³/mol. The third-order valence-corrected chi connectivity index (χ3v) is 4.50. The summed E-state index contributed by atoms with van der Waals surface area (Å²) in [5, 5.41) is 5.73. The lowest BCUT2D eigenvalue weighted by molar-refractivity contribution is 0.314. The quantitative estimate of drug-likeness (QED) is 0.484. The topological polar surface area (TPSA) is 46.3 Å². The molecule has 0 bridgehead atoms. The molecule has 132 valence electrons. The van der Waals surface area contributed by atoms with Gasteiger partial charge in [-0.05, 0) is 35.9 Å². The first kappa shape index (κ1) is 16.5. The van der Waals surface area contributed by atoms with E-state index in [1.807, 2.05) is 24.3 Å². The fourth-order valence-corrected chi connectivity index (χ4v) is 3.15. The summed E-state index contributed by atoms with van der Waals surface area (Å²) in [5.41, 5.74) is 3.45. The first-order chi connectivity index (χ1) is 12.8. The van der Waals surface area contributed by atoms with E-state index in [0.717, 1.165) is 41.0 Å². The second-order valence-electron chi connectivity index (χ2n) is 6.25. The fourth-order valence-electron chi connectivity index (χ4n) is 3.15. The van der Waals surface area contributed by atoms with Gasteiger partial charge in [0.15, 0.2) is 0 Å². The molecular weight excluding hydrogens is 324 g/mol. The van der Waals surface area contributed by atoms with Gasteiger partial charge in [0.1, 0.15) is 18.1 Å². The van der Waals surface area contributed by atoms with Gasteiger partial charge in [-0.15, -0.1) is 0 Å². The van der Waals surface area contributed by atoms with Gasteiger partial charge in [0.05, 0.1) is 12.6 Å². The number of aromatic amines is 1. The molecule has 0 aliphatic rings. The van der Waals surface area contributed by atoms with Gasteiger partial charge in [0.2, 0.25) is 0 Å². The van der Waals surface area contributed by atoms with Gasteiger partial charge in [0, 0.05) is 35.4 Å². The molecular formula is C22H22N2O2. The highest BCUT2D eigenvalue weighted by molar-refractivity contribution is 6.08. The fraction of sp³-hybridized carbons (Fsp3) is 0.182. The summed E-state index contributed by atoms with van der Waals surface area (Å²) < 4.78 is 11.2. The summed E-state index contributed by atoms with van der Waals surface area (Å²) in [6.45, 7) is 2.29. The van der Waals surface area contributed by atoms with Crippen molar-refractivity contribution >= 4 is 21.8 Å². The van der Waals surface area contributed by atoms with Crippen LogP contribution in [0.25, 0.3) is 21.8 Å². The van der Waals surface area contributed by atoms with Crippen molar-refractivity contribution in [2.24, 2.45) is 0 Å². The van der Waals surface area contributed by atoms with Crippen LogP contribution in [0.15, 0.2) is 66.7 Å². The Kier molecular flexibility index (Phi) is 4.75. The van der Waals surface area contributed by atoms with Crippen LogP contribution in [-0.4, -0.2) is 25.2 Å². The third-order valence-electron chi connectivity index (χ3n) is 4.50. The zero-order valence-electron chi connectivity index (χ0n) is 14.8. The lowest BCUT2D eigenvalue weighted by atomic mass is 10.1. The van der Waals surface area contributed by atoms with Crippen LogP contribution in [0.2, 0.25) is 0 Å². The number of hydrogen-bond acceptors (Lipinski definition) is 3. The zero-order chi connectivity index (χ0) is 17.8. The number of hydrogen-bond donors (Lipinski definition) is 2. The Morgan fingerprint density at radius 1 is 0.846 bits per heavy atom. The van der Waals surface area contributed by atoms with Crippen LogP contribution in [0.4, 0.5) is 0 Å². The normalized spacial score (nSPS) is 11.1. The van der Waals surface area contributed by atoms with Crippen LogP contribution in [0.1, 0.15) is 5.56 Å². The molecule has 2 N–H and O–H groups in total. The summed E-state index contributed by atoms with van der Waals surface area (Å²) in [5.74, 6) is 1.74. The van der Waals surface area contributed by atoms with E-state index in [1.165, 1.54) is 10.9 Å². The van der Waals surface area contributed by atoms with E-state index in [9.17, 15) is 0 Å². The minimum absolute atomic E-state index is 0.631. The first-order valence-corrected chi connectivity index (χ1v) is 8.80. The average molecular weight is 346 g/mol. The zero-order valence-corrected chi connectivity index (χ0v) is 14.8. The molecule has 4 aromatic rings. The van der Waals surface area contributed by atoms with Crippen LogP contribution >= 0.6 is 0 Å². The van der Waals surface area contributed by atoms with E-state index < -0.39 is 0 Å². The molecule has 0 saturated heterocycles. The third kappa shape index (κ3) is 3.51. The average Bonchev–Trinajstić information content (AvgIpc) is 3.05. The summed E-state index contributed by atoms with van der Waals surface area (Å²) in [7, 11) is 1.69. The van der Waals surface area contributed by atoms with Crippen molar-refractivity contribution in [2.45, 2.75) is 6.54 Å². The van der Waals surface area contributed by atoms with E-state index in [1.54, 1.807) is 7.11 Å². The van der Waals surface area contributed by atoms with Crippen molar-refractivity contribution < 1.29 is 9.47 Å². The molecule has 0 amide bonds. The van der Waals surface area contributed by atoms with Crippen molar-refractivity contribution in [1.82, 2.24) is 10.3 Å². The Labute approximate surface area is 152 Å². The van der Waals surface area contributed by atoms with Crippen molar-refractivity contribution in [1.29, 1.82) is 0 Å². The second kappa shape index (κ2) is 7.50. The number of rotatable bonds is 7. The Balaban J connectivity index is 1.39. The molecule has 4 rings (SSSR count). The SMILES string of the molecule is COc1ccc2[nH]c3cc(OCCNCc4ccccc4)ccc3c2c1. The molecule has 0 radical (unpaired) electrons. The lowest BCUT2D eigenvalue weighted by Gasteiger charge is -2.08. The van der Waals surface area contributed by atoms with Crippen molar-refractivity contribution in [3.63, 3.8) is 0 Å². The Hall–Kier alpha value is -2.98. The molecule has 26 heavy (non-hydrogen) atoms. The first-order valence-electron chi connectivity index (χ1n) is 8.80. The van der Waals surface area contributed by atoms with Crippen molar-refractivity contribution in [3.8, 4) is 11.5 Å². The summed E-state index contributed by atoms with van der Waals surface area (Å²) in [4.78, 5) is 3.44. The Morgan fingerprint density at radius 2 is 1.69 bits per heavy atom. The van der Waals surface area contributed by atoms with E-state index in [4.69, 9.17) is 9.47 Å². The van der Waals surface area contributed by atoms with Gasteiger partial charge in [-0.25, -0.2) is 0 Å². The lowest BCUT2D eigenvalue weighted by Crippen LogP contribution is -2.20. The number of aromatic nitrogens is 1. The number of ether oxygens (including phenoxy) is 2. The number of methoxy groups -OCH3 is 1. The monoisotopic (exact) mass is 346 g/mol. The Morgan fingerprint density at radius 3 is 2.54 bits per heavy atom. The molecule has 0 spiro atoms. The maximum absolute atomic E-state index is 5.89. The van der Waals surface area contributed by atoms with Crippen LogP contribution in [0.5, 0.6) is 11.5 Å². The highest BCUT2D eigenvalue weighted by Crippen LogP contribution is 2.30. The van der Waals surface area contributed by atoms with E-state index >= 15 is 0 Å². The van der Waals surface area contributed by atoms with Crippen LogP contribution < -0.4 is 14.8 Å². The molecule has 0 aliphatic heterocycles. The molecule has 4 heteroatoms. The molecule has 3 aromatic carbocycles. The summed E-state index contributed by atoms with van der Waals surface area (Å²) in [6, 6.07) is 22.6. The number of fused-ring (bicyclic) bond motifs is 3. The van der Waals surface area contributed by atoms with Crippen molar-refractivity contribution in [2.75, 3.05) is 20.3 Å². The second-order valence-corrected chi connectivity index (χ2v) is 6.25. The molecule has 0 saturated carbocycles. The molecule has 0 aliphatic carbocycles. The van der Waals surface area contributed by atoms with Gasteiger partial charge >= 0.3 is 0 Å². The van der Waals surface area contributed by atoms with Crippen molar-refractivity contribution in [3.05, 3.63) is 72.3 Å². The van der Waals surface area contributed by atoms with Gasteiger partial charge in [-0.3, -0.25) is 0 Å². The molecule has 1 aromatic heterocycles. The molecule has 4 nitrogen and oxygen atoms in total. The van der Waals surface area contributed by atoms with Crippen LogP contribution in [0, 0.1) is 0 Å². The van der Waals surface area contributed by atoms with Crippen LogP contribution in [-0.2, 0) is 6.54 Å². The highest BCUT2D eigenvalue weighted by atomic mass is 16.5. The number of nitrogens with one attached hydrogen (secondary N) is 2. The molecule has 1 heterocycles. The minimum Gasteiger partial charge on any atom is -0.497 e. The van der Waals surface area contributed by atoms with Gasteiger partial charge in [0.25, 0.3) is 0 Å². The Bertz CT molecular complexity index is 1010. The standard InChI is InChI=1S/C22H22N2O2/c1-25-17-8-10-21-20(13-17)19-9-7-18(14-22(19)24-21)26-12-11-23-15-16-5-3-2-4-6-16/h2-10,13-14,23-24H,11-12,15H2,1H3. The maximum atomic E-state index is 5.89. The summed E-state index contributed by atoms with van der Waals surface area (Å²) >= 11 is 0. The predicted octanol–water partition coefficient (Wildman–Crippen LogP) is 4.50.